The van der Waals surface area contributed by atoms with E-state index >= 15 is 0 Å². The van der Waals surface area contributed by atoms with Gasteiger partial charge in [0.05, 0.1) is 25.9 Å². The summed E-state index contributed by atoms with van der Waals surface area (Å²) in [6.45, 7) is 4.92. The van der Waals surface area contributed by atoms with E-state index in [1.54, 1.807) is 6.92 Å². The number of benzene rings is 2. The van der Waals surface area contributed by atoms with Crippen LogP contribution in [-0.2, 0) is 27.4 Å². The van der Waals surface area contributed by atoms with Crippen LogP contribution in [-0.4, -0.2) is 35.6 Å². The van der Waals surface area contributed by atoms with Crippen molar-refractivity contribution in [3.8, 4) is 0 Å². The minimum absolute atomic E-state index is 0.315. The van der Waals surface area contributed by atoms with Crippen LogP contribution >= 0.6 is 0 Å². The molecule has 4 nitrogen and oxygen atoms in total. The van der Waals surface area contributed by atoms with E-state index in [2.05, 4.69) is 0 Å². The van der Waals surface area contributed by atoms with Gasteiger partial charge in [-0.1, -0.05) is 60.7 Å². The molecular weight excluding hydrogens is 316 g/mol. The van der Waals surface area contributed by atoms with Gasteiger partial charge in [-0.2, -0.15) is 0 Å². The van der Waals surface area contributed by atoms with Crippen LogP contribution in [0.25, 0.3) is 0 Å². The topological polar surface area (TPSA) is 47.9 Å². The fourth-order valence-electron chi connectivity index (χ4n) is 3.05. The van der Waals surface area contributed by atoms with E-state index in [1.165, 1.54) is 0 Å². The fourth-order valence-corrected chi connectivity index (χ4v) is 3.05. The maximum Gasteiger partial charge on any atom is 0.117 e. The van der Waals surface area contributed by atoms with Gasteiger partial charge in [0, 0.05) is 0 Å². The monoisotopic (exact) mass is 342 g/mol. The quantitative estimate of drug-likeness (QED) is 0.875. The number of hydrogen-bond acceptors (Lipinski definition) is 4. The summed E-state index contributed by atoms with van der Waals surface area (Å²) < 4.78 is 17.9. The van der Waals surface area contributed by atoms with Gasteiger partial charge in [0.25, 0.3) is 0 Å². The fraction of sp³-hybridized carbons (Fsp3) is 0.429. The first-order chi connectivity index (χ1) is 12.1. The van der Waals surface area contributed by atoms with Gasteiger partial charge in [0.1, 0.15) is 17.8 Å². The molecular formula is C21H26O4. The van der Waals surface area contributed by atoms with Crippen molar-refractivity contribution in [1.29, 1.82) is 0 Å². The second-order valence-corrected chi connectivity index (χ2v) is 6.75. The number of ether oxygens (including phenoxy) is 3. The van der Waals surface area contributed by atoms with E-state index in [0.717, 1.165) is 11.1 Å². The van der Waals surface area contributed by atoms with Crippen molar-refractivity contribution < 1.29 is 19.3 Å². The third kappa shape index (κ3) is 4.47. The second kappa shape index (κ2) is 8.11. The summed E-state index contributed by atoms with van der Waals surface area (Å²) in [5.74, 6) is 0. The molecule has 1 N–H and O–H groups in total. The Morgan fingerprint density at radius 2 is 1.48 bits per heavy atom. The molecule has 0 saturated carbocycles. The lowest BCUT2D eigenvalue weighted by atomic mass is 9.87. The van der Waals surface area contributed by atoms with E-state index in [0.29, 0.717) is 19.8 Å². The van der Waals surface area contributed by atoms with Gasteiger partial charge >= 0.3 is 0 Å². The van der Waals surface area contributed by atoms with Crippen LogP contribution in [0.2, 0.25) is 0 Å². The first kappa shape index (κ1) is 18.1. The van der Waals surface area contributed by atoms with Crippen molar-refractivity contribution in [2.24, 2.45) is 0 Å². The van der Waals surface area contributed by atoms with Crippen LogP contribution in [0.3, 0.4) is 0 Å². The Bertz CT molecular complexity index is 641. The molecule has 1 fully saturated rings. The molecule has 4 atom stereocenters. The smallest absolute Gasteiger partial charge is 0.117 e. The van der Waals surface area contributed by atoms with Crippen molar-refractivity contribution in [3.63, 3.8) is 0 Å². The second-order valence-electron chi connectivity index (χ2n) is 6.75. The maximum atomic E-state index is 10.9. The molecule has 2 unspecified atom stereocenters. The Labute approximate surface area is 149 Å². The molecule has 1 heterocycles. The summed E-state index contributed by atoms with van der Waals surface area (Å²) in [5, 5.41) is 10.9. The predicted octanol–water partition coefficient (Wildman–Crippen LogP) is 3.33. The first-order valence-corrected chi connectivity index (χ1v) is 8.72. The molecule has 4 heteroatoms. The lowest BCUT2D eigenvalue weighted by Gasteiger charge is -2.45. The summed E-state index contributed by atoms with van der Waals surface area (Å²) in [4.78, 5) is 0. The predicted molar refractivity (Wildman–Crippen MR) is 96.1 cm³/mol. The molecule has 0 bridgehead atoms. The summed E-state index contributed by atoms with van der Waals surface area (Å²) in [5.41, 5.74) is 1.04. The van der Waals surface area contributed by atoms with Gasteiger partial charge in [-0.3, -0.25) is 0 Å². The Morgan fingerprint density at radius 1 is 0.960 bits per heavy atom. The molecule has 0 amide bonds. The Kier molecular flexibility index (Phi) is 5.86. The van der Waals surface area contributed by atoms with Gasteiger partial charge in [-0.15, -0.1) is 0 Å². The Hall–Kier alpha value is -1.72. The highest BCUT2D eigenvalue weighted by atomic mass is 16.6. The zero-order chi connectivity index (χ0) is 17.7. The van der Waals surface area contributed by atoms with Gasteiger partial charge in [0.15, 0.2) is 0 Å². The third-order valence-corrected chi connectivity index (χ3v) is 4.83. The van der Waals surface area contributed by atoms with Crippen molar-refractivity contribution in [2.45, 2.75) is 51.0 Å². The maximum absolute atomic E-state index is 10.9. The van der Waals surface area contributed by atoms with Crippen LogP contribution in [0.5, 0.6) is 0 Å². The lowest BCUT2D eigenvalue weighted by Crippen LogP contribution is -2.61. The van der Waals surface area contributed by atoms with E-state index in [4.69, 9.17) is 14.2 Å². The highest BCUT2D eigenvalue weighted by Gasteiger charge is 2.48. The summed E-state index contributed by atoms with van der Waals surface area (Å²) in [7, 11) is 0. The molecule has 2 aromatic carbocycles. The Morgan fingerprint density at radius 3 is 2.04 bits per heavy atom. The first-order valence-electron chi connectivity index (χ1n) is 8.72. The minimum Gasteiger partial charge on any atom is -0.385 e. The van der Waals surface area contributed by atoms with E-state index in [9.17, 15) is 5.11 Å². The van der Waals surface area contributed by atoms with Gasteiger partial charge in [-0.05, 0) is 25.0 Å². The summed E-state index contributed by atoms with van der Waals surface area (Å²) >= 11 is 0. The molecule has 1 saturated heterocycles. The zero-order valence-electron chi connectivity index (χ0n) is 14.8. The molecule has 134 valence electrons. The molecule has 0 aliphatic carbocycles. The largest absolute Gasteiger partial charge is 0.385 e. The highest BCUT2D eigenvalue weighted by molar-refractivity contribution is 5.14. The van der Waals surface area contributed by atoms with E-state index in [-0.39, 0.29) is 12.2 Å². The van der Waals surface area contributed by atoms with E-state index < -0.39 is 11.7 Å². The molecule has 0 spiro atoms. The minimum atomic E-state index is -1.12. The normalized spacial score (nSPS) is 29.5. The van der Waals surface area contributed by atoms with Crippen LogP contribution in [0.4, 0.5) is 0 Å². The molecule has 2 aromatic rings. The summed E-state index contributed by atoms with van der Waals surface area (Å²) in [6, 6.07) is 19.9. The number of hydrogen-bond donors (Lipinski definition) is 1. The molecule has 1 aliphatic rings. The van der Waals surface area contributed by atoms with Crippen LogP contribution in [0.1, 0.15) is 25.0 Å². The third-order valence-electron chi connectivity index (χ3n) is 4.83. The van der Waals surface area contributed by atoms with Crippen LogP contribution < -0.4 is 0 Å². The summed E-state index contributed by atoms with van der Waals surface area (Å²) in [6.07, 6.45) is -1.10. The molecule has 25 heavy (non-hydrogen) atoms. The van der Waals surface area contributed by atoms with E-state index in [1.807, 2.05) is 67.6 Å². The molecule has 3 rings (SSSR count). The standard InChI is InChI=1S/C21H26O4/c1-16-21(2,22)20(25-14-18-11-7-4-8-12-18)19(15-23-16)24-13-17-9-5-3-6-10-17/h3-12,16,19-20,22H,13-15H2,1-2H3/t16?,19?,20-,21-/m1/s1. The van der Waals surface area contributed by atoms with Crippen molar-refractivity contribution in [3.05, 3.63) is 71.8 Å². The SMILES string of the molecule is CC1OCC(OCc2ccccc2)[C@@H](OCc2ccccc2)[C@]1(C)O. The lowest BCUT2D eigenvalue weighted by molar-refractivity contribution is -0.259. The number of rotatable bonds is 6. The highest BCUT2D eigenvalue weighted by Crippen LogP contribution is 2.31. The number of aliphatic hydroxyl groups is 1. The van der Waals surface area contributed by atoms with Crippen LogP contribution in [0, 0.1) is 0 Å². The average Bonchev–Trinajstić information content (AvgIpc) is 2.63. The van der Waals surface area contributed by atoms with Crippen molar-refractivity contribution in [1.82, 2.24) is 0 Å². The van der Waals surface area contributed by atoms with Gasteiger partial charge in [0.2, 0.25) is 0 Å². The van der Waals surface area contributed by atoms with Crippen molar-refractivity contribution >= 4 is 0 Å². The van der Waals surface area contributed by atoms with Gasteiger partial charge < -0.3 is 19.3 Å². The molecule has 0 radical (unpaired) electrons. The average molecular weight is 342 g/mol. The zero-order valence-corrected chi connectivity index (χ0v) is 14.8. The van der Waals surface area contributed by atoms with Crippen molar-refractivity contribution in [2.75, 3.05) is 6.61 Å². The Balaban J connectivity index is 1.68. The molecule has 1 aliphatic heterocycles. The van der Waals surface area contributed by atoms with Gasteiger partial charge in [-0.25, -0.2) is 0 Å². The molecule has 0 aromatic heterocycles. The van der Waals surface area contributed by atoms with Crippen LogP contribution in [0.15, 0.2) is 60.7 Å².